The lowest BCUT2D eigenvalue weighted by molar-refractivity contribution is -0.149. The second kappa shape index (κ2) is 3.51. The number of carbonyl (C=O) groups is 2. The Balaban J connectivity index is 4.04. The summed E-state index contributed by atoms with van der Waals surface area (Å²) in [7, 11) is 1.06. The first-order valence-corrected chi connectivity index (χ1v) is 2.02. The van der Waals surface area contributed by atoms with E-state index in [1.54, 1.807) is 0 Å². The maximum absolute atomic E-state index is 10.2. The third-order valence-corrected chi connectivity index (χ3v) is 0.562. The molecule has 0 saturated carbocycles. The monoisotopic (exact) mass is 128 g/mol. The maximum Gasteiger partial charge on any atom is 0.386 e. The average Bonchev–Trinajstić information content (AvgIpc) is 1.87. The summed E-state index contributed by atoms with van der Waals surface area (Å²) in [4.78, 5) is 22.6. The summed E-state index contributed by atoms with van der Waals surface area (Å²) in [6.45, 7) is 0. The zero-order valence-corrected chi connectivity index (χ0v) is 4.70. The Morgan fingerprint density at radius 2 is 2.22 bits per heavy atom. The van der Waals surface area contributed by atoms with Gasteiger partial charge in [-0.2, -0.15) is 4.79 Å². The van der Waals surface area contributed by atoms with Crippen molar-refractivity contribution < 1.29 is 19.1 Å². The van der Waals surface area contributed by atoms with E-state index in [4.69, 9.17) is 5.53 Å². The van der Waals surface area contributed by atoms with E-state index in [0.29, 0.717) is 6.21 Å². The summed E-state index contributed by atoms with van der Waals surface area (Å²) in [5.41, 5.74) is 7.72. The largest absolute Gasteiger partial charge is 0.463 e. The highest BCUT2D eigenvalue weighted by Gasteiger charge is 2.14. The zero-order valence-electron chi connectivity index (χ0n) is 4.70. The Hall–Kier alpha value is -1.48. The summed E-state index contributed by atoms with van der Waals surface area (Å²) < 4.78 is 3.97. The highest BCUT2D eigenvalue weighted by atomic mass is 16.5. The van der Waals surface area contributed by atoms with Gasteiger partial charge in [0.15, 0.2) is 0 Å². The van der Waals surface area contributed by atoms with E-state index in [0.717, 1.165) is 7.11 Å². The van der Waals surface area contributed by atoms with Gasteiger partial charge in [-0.25, -0.2) is 4.79 Å². The van der Waals surface area contributed by atoms with Gasteiger partial charge in [0.2, 0.25) is 0 Å². The fourth-order valence-electron chi connectivity index (χ4n) is 0.206. The summed E-state index contributed by atoms with van der Waals surface area (Å²) in [6, 6.07) is 0. The number of hydrogen-bond acceptors (Lipinski definition) is 3. The number of nitrogens with zero attached hydrogens (tertiary/aromatic N) is 2. The van der Waals surface area contributed by atoms with Gasteiger partial charge in [-0.15, -0.1) is 0 Å². The van der Waals surface area contributed by atoms with Crippen LogP contribution in [0.5, 0.6) is 0 Å². The summed E-state index contributed by atoms with van der Waals surface area (Å²) >= 11 is 0. The third kappa shape index (κ3) is 2.36. The Labute approximate surface area is 50.9 Å². The Kier molecular flexibility index (Phi) is 2.94. The molecule has 5 nitrogen and oxygen atoms in total. The Morgan fingerprint density at radius 1 is 1.67 bits per heavy atom. The van der Waals surface area contributed by atoms with Gasteiger partial charge < -0.3 is 10.3 Å². The molecule has 0 bridgehead atoms. The minimum Gasteiger partial charge on any atom is -0.463 e. The van der Waals surface area contributed by atoms with Crippen LogP contribution in [0.15, 0.2) is 0 Å². The van der Waals surface area contributed by atoms with Crippen LogP contribution >= 0.6 is 0 Å². The molecule has 0 spiro atoms. The van der Waals surface area contributed by atoms with Crippen molar-refractivity contribution in [1.82, 2.24) is 0 Å². The molecule has 5 heteroatoms. The number of ketones is 1. The average molecular weight is 128 g/mol. The molecule has 0 rings (SSSR count). The molecule has 0 unspecified atom stereocenters. The minimum absolute atomic E-state index is 0.464. The Morgan fingerprint density at radius 3 is 2.56 bits per heavy atom. The predicted molar refractivity (Wildman–Crippen MR) is 26.7 cm³/mol. The van der Waals surface area contributed by atoms with Crippen LogP contribution in [0.2, 0.25) is 0 Å². The molecule has 0 atom stereocenters. The van der Waals surface area contributed by atoms with E-state index in [2.05, 4.69) is 9.53 Å². The van der Waals surface area contributed by atoms with Crippen LogP contribution in [0.1, 0.15) is 0 Å². The lowest BCUT2D eigenvalue weighted by Crippen LogP contribution is -2.16. The zero-order chi connectivity index (χ0) is 7.28. The number of Topliss-reactive ketones (excluding diaryl/α,β-unsaturated/α-hetero) is 1. The molecule has 0 aromatic rings. The molecular weight excluding hydrogens is 124 g/mol. The van der Waals surface area contributed by atoms with E-state index in [9.17, 15) is 9.59 Å². The predicted octanol–water partition coefficient (Wildman–Crippen LogP) is -0.971. The molecule has 0 heterocycles. The van der Waals surface area contributed by atoms with Gasteiger partial charge in [-0.3, -0.25) is 4.79 Å². The van der Waals surface area contributed by atoms with Crippen LogP contribution in [0, 0.1) is 0 Å². The molecular formula is C4H4N2O3. The van der Waals surface area contributed by atoms with E-state index >= 15 is 0 Å². The van der Waals surface area contributed by atoms with Crippen LogP contribution in [0.3, 0.4) is 0 Å². The molecule has 0 amide bonds. The smallest absolute Gasteiger partial charge is 0.386 e. The summed E-state index contributed by atoms with van der Waals surface area (Å²) in [5.74, 6) is -2.03. The molecule has 0 N–H and O–H groups in total. The lowest BCUT2D eigenvalue weighted by atomic mass is 10.4. The van der Waals surface area contributed by atoms with Crippen molar-refractivity contribution in [2.75, 3.05) is 7.11 Å². The molecule has 0 fully saturated rings. The molecule has 0 radical (unpaired) electrons. The van der Waals surface area contributed by atoms with E-state index in [1.807, 2.05) is 0 Å². The first-order valence-electron chi connectivity index (χ1n) is 2.02. The number of esters is 1. The molecule has 0 aliphatic carbocycles. The van der Waals surface area contributed by atoms with Crippen molar-refractivity contribution in [3.63, 3.8) is 0 Å². The highest BCUT2D eigenvalue weighted by Crippen LogP contribution is 1.70. The van der Waals surface area contributed by atoms with Crippen molar-refractivity contribution in [1.29, 1.82) is 0 Å². The number of hydrogen-bond donors (Lipinski definition) is 0. The number of ether oxygens (including phenoxy) is 1. The van der Waals surface area contributed by atoms with Crippen molar-refractivity contribution >= 4 is 18.0 Å². The van der Waals surface area contributed by atoms with Crippen LogP contribution in [-0.2, 0) is 14.3 Å². The van der Waals surface area contributed by atoms with Gasteiger partial charge in [0.25, 0.3) is 0 Å². The second-order valence-electron chi connectivity index (χ2n) is 1.10. The molecule has 0 aromatic carbocycles. The summed E-state index contributed by atoms with van der Waals surface area (Å²) in [6.07, 6.45) is 0.464. The molecule has 0 saturated heterocycles. The molecule has 0 aliphatic rings. The van der Waals surface area contributed by atoms with Crippen molar-refractivity contribution in [3.8, 4) is 0 Å². The van der Waals surface area contributed by atoms with E-state index < -0.39 is 11.8 Å². The Bertz CT molecular complexity index is 180. The molecule has 9 heavy (non-hydrogen) atoms. The van der Waals surface area contributed by atoms with Gasteiger partial charge in [0.05, 0.1) is 7.11 Å². The third-order valence-electron chi connectivity index (χ3n) is 0.562. The quantitative estimate of drug-likeness (QED) is 0.158. The highest BCUT2D eigenvalue weighted by molar-refractivity contribution is 6.55. The number of carbonyl (C=O) groups excluding carboxylic acids is 2. The van der Waals surface area contributed by atoms with Gasteiger partial charge in [0.1, 0.15) is 0 Å². The van der Waals surface area contributed by atoms with Gasteiger partial charge in [0, 0.05) is 0 Å². The molecule has 0 aliphatic heterocycles. The fourth-order valence-corrected chi connectivity index (χ4v) is 0.206. The van der Waals surface area contributed by atoms with E-state index in [-0.39, 0.29) is 0 Å². The SMILES string of the molecule is COC(=O)C(=O)C=[N+]=[N-]. The van der Waals surface area contributed by atoms with Crippen molar-refractivity contribution in [2.45, 2.75) is 0 Å². The van der Waals surface area contributed by atoms with Crippen LogP contribution in [-0.4, -0.2) is 29.9 Å². The topological polar surface area (TPSA) is 79.8 Å². The first-order chi connectivity index (χ1) is 4.22. The van der Waals surface area contributed by atoms with Crippen LogP contribution < -0.4 is 0 Å². The normalized spacial score (nSPS) is 7.22. The number of rotatable bonds is 2. The van der Waals surface area contributed by atoms with Crippen LogP contribution in [0.4, 0.5) is 0 Å². The second-order valence-corrected chi connectivity index (χ2v) is 1.10. The lowest BCUT2D eigenvalue weighted by Gasteiger charge is -1.84. The molecule has 48 valence electrons. The maximum atomic E-state index is 10.2. The van der Waals surface area contributed by atoms with Gasteiger partial charge in [-0.1, -0.05) is 0 Å². The van der Waals surface area contributed by atoms with Gasteiger partial charge in [-0.05, 0) is 0 Å². The standard InChI is InChI=1S/C4H4N2O3/c1-9-4(8)3(7)2-6-5/h2H,1H3. The van der Waals surface area contributed by atoms with Crippen LogP contribution in [0.25, 0.3) is 5.53 Å². The summed E-state index contributed by atoms with van der Waals surface area (Å²) in [5, 5.41) is 0. The minimum atomic E-state index is -1.05. The molecule has 0 aromatic heterocycles. The van der Waals surface area contributed by atoms with Crippen molar-refractivity contribution in [2.24, 2.45) is 0 Å². The first kappa shape index (κ1) is 7.52. The van der Waals surface area contributed by atoms with Gasteiger partial charge >= 0.3 is 18.0 Å². The number of methoxy groups -OCH3 is 1. The fraction of sp³-hybridized carbons (Fsp3) is 0.250. The van der Waals surface area contributed by atoms with Crippen molar-refractivity contribution in [3.05, 3.63) is 5.53 Å². The van der Waals surface area contributed by atoms with E-state index in [1.165, 1.54) is 0 Å².